The van der Waals surface area contributed by atoms with Gasteiger partial charge in [0.05, 0.1) is 0 Å². The van der Waals surface area contributed by atoms with Gasteiger partial charge in [0, 0.05) is 10.8 Å². The van der Waals surface area contributed by atoms with Crippen LogP contribution in [-0.4, -0.2) is 10.4 Å². The molecule has 2 heteroatoms. The van der Waals surface area contributed by atoms with Crippen LogP contribution >= 0.6 is 11.8 Å². The number of hydrogen-bond acceptors (Lipinski definition) is 2. The Bertz CT molecular complexity index is 374. The molecule has 1 nitrogen and oxygen atoms in total. The Labute approximate surface area is 108 Å². The number of carbonyl (C=O) groups is 1. The summed E-state index contributed by atoms with van der Waals surface area (Å²) in [4.78, 5) is 12.1. The molecule has 0 atom stereocenters. The SMILES string of the molecule is Cc1ccc(C(=O)SC2CCC(C)CC2)cc1. The van der Waals surface area contributed by atoms with E-state index in [2.05, 4.69) is 6.92 Å². The van der Waals surface area contributed by atoms with Gasteiger partial charge >= 0.3 is 0 Å². The number of hydrogen-bond donors (Lipinski definition) is 0. The van der Waals surface area contributed by atoms with E-state index in [1.54, 1.807) is 11.8 Å². The van der Waals surface area contributed by atoms with Gasteiger partial charge in [0.2, 0.25) is 5.12 Å². The van der Waals surface area contributed by atoms with Crippen molar-refractivity contribution in [2.24, 2.45) is 5.92 Å². The fraction of sp³-hybridized carbons (Fsp3) is 0.533. The van der Waals surface area contributed by atoms with Crippen molar-refractivity contribution in [2.45, 2.75) is 44.8 Å². The van der Waals surface area contributed by atoms with Crippen LogP contribution in [0.25, 0.3) is 0 Å². The van der Waals surface area contributed by atoms with Crippen LogP contribution in [0.2, 0.25) is 0 Å². The van der Waals surface area contributed by atoms with Crippen LogP contribution in [0.3, 0.4) is 0 Å². The second kappa shape index (κ2) is 5.72. The summed E-state index contributed by atoms with van der Waals surface area (Å²) in [7, 11) is 0. The van der Waals surface area contributed by atoms with E-state index < -0.39 is 0 Å². The lowest BCUT2D eigenvalue weighted by Crippen LogP contribution is -2.16. The van der Waals surface area contributed by atoms with E-state index in [4.69, 9.17) is 0 Å². The smallest absolute Gasteiger partial charge is 0.219 e. The summed E-state index contributed by atoms with van der Waals surface area (Å²) in [5.74, 6) is 0.848. The highest BCUT2D eigenvalue weighted by atomic mass is 32.2. The molecule has 1 aromatic rings. The van der Waals surface area contributed by atoms with Gasteiger partial charge in [-0.25, -0.2) is 0 Å². The lowest BCUT2D eigenvalue weighted by atomic mass is 9.91. The van der Waals surface area contributed by atoms with Crippen LogP contribution in [0.15, 0.2) is 24.3 Å². The summed E-state index contributed by atoms with van der Waals surface area (Å²) in [6, 6.07) is 7.90. The molecule has 17 heavy (non-hydrogen) atoms. The van der Waals surface area contributed by atoms with Gasteiger partial charge in [0.1, 0.15) is 0 Å². The Balaban J connectivity index is 1.91. The highest BCUT2D eigenvalue weighted by Crippen LogP contribution is 2.33. The first-order valence-electron chi connectivity index (χ1n) is 6.43. The van der Waals surface area contributed by atoms with E-state index >= 15 is 0 Å². The molecule has 0 bridgehead atoms. The summed E-state index contributed by atoms with van der Waals surface area (Å²) < 4.78 is 0. The molecule has 0 amide bonds. The summed E-state index contributed by atoms with van der Waals surface area (Å²) in [5, 5.41) is 0.782. The minimum Gasteiger partial charge on any atom is -0.282 e. The first-order chi connectivity index (χ1) is 8.15. The molecule has 1 aliphatic rings. The molecule has 1 aromatic carbocycles. The second-order valence-corrected chi connectivity index (χ2v) is 6.43. The molecule has 0 N–H and O–H groups in total. The molecular weight excluding hydrogens is 228 g/mol. The quantitative estimate of drug-likeness (QED) is 0.769. The predicted molar refractivity (Wildman–Crippen MR) is 74.5 cm³/mol. The van der Waals surface area contributed by atoms with Gasteiger partial charge in [0.25, 0.3) is 0 Å². The summed E-state index contributed by atoms with van der Waals surface area (Å²) in [5.41, 5.74) is 2.05. The Morgan fingerprint density at radius 1 is 1.12 bits per heavy atom. The van der Waals surface area contributed by atoms with E-state index in [9.17, 15) is 4.79 Å². The molecule has 0 aromatic heterocycles. The van der Waals surface area contributed by atoms with Gasteiger partial charge < -0.3 is 0 Å². The molecular formula is C15H20OS. The summed E-state index contributed by atoms with van der Waals surface area (Å²) in [6.45, 7) is 4.35. The van der Waals surface area contributed by atoms with E-state index in [0.717, 1.165) is 11.5 Å². The first kappa shape index (κ1) is 12.7. The molecule has 2 rings (SSSR count). The van der Waals surface area contributed by atoms with Crippen molar-refractivity contribution in [3.05, 3.63) is 35.4 Å². The molecule has 0 heterocycles. The van der Waals surface area contributed by atoms with Gasteiger partial charge in [-0.2, -0.15) is 0 Å². The molecule has 0 radical (unpaired) electrons. The van der Waals surface area contributed by atoms with Crippen molar-refractivity contribution < 1.29 is 4.79 Å². The zero-order chi connectivity index (χ0) is 12.3. The monoisotopic (exact) mass is 248 g/mol. The number of thioether (sulfide) groups is 1. The van der Waals surface area contributed by atoms with Crippen molar-refractivity contribution in [1.82, 2.24) is 0 Å². The lowest BCUT2D eigenvalue weighted by molar-refractivity contribution is 0.108. The number of carbonyl (C=O) groups excluding carboxylic acids is 1. The summed E-state index contributed by atoms with van der Waals surface area (Å²) in [6.07, 6.45) is 4.95. The average Bonchev–Trinajstić information content (AvgIpc) is 2.33. The highest BCUT2D eigenvalue weighted by Gasteiger charge is 2.21. The third-order valence-corrected chi connectivity index (χ3v) is 4.78. The van der Waals surface area contributed by atoms with Crippen LogP contribution < -0.4 is 0 Å². The minimum atomic E-state index is 0.240. The fourth-order valence-electron chi connectivity index (χ4n) is 2.26. The normalized spacial score (nSPS) is 24.6. The Morgan fingerprint density at radius 3 is 2.29 bits per heavy atom. The Hall–Kier alpha value is -0.760. The van der Waals surface area contributed by atoms with E-state index in [1.807, 2.05) is 31.2 Å². The van der Waals surface area contributed by atoms with Gasteiger partial charge in [-0.1, -0.05) is 48.5 Å². The number of rotatable bonds is 2. The van der Waals surface area contributed by atoms with Crippen molar-refractivity contribution in [2.75, 3.05) is 0 Å². The standard InChI is InChI=1S/C15H20OS/c1-11-3-7-13(8-4-11)15(16)17-14-9-5-12(2)6-10-14/h3-4,7-8,12,14H,5-6,9-10H2,1-2H3. The van der Waals surface area contributed by atoms with Gasteiger partial charge in [-0.15, -0.1) is 0 Å². The fourth-order valence-corrected chi connectivity index (χ4v) is 3.34. The van der Waals surface area contributed by atoms with Crippen LogP contribution in [-0.2, 0) is 0 Å². The molecule has 0 saturated heterocycles. The lowest BCUT2D eigenvalue weighted by Gasteiger charge is -2.24. The Morgan fingerprint density at radius 2 is 1.71 bits per heavy atom. The molecule has 1 aliphatic carbocycles. The molecule has 0 unspecified atom stereocenters. The highest BCUT2D eigenvalue weighted by molar-refractivity contribution is 8.14. The van der Waals surface area contributed by atoms with Crippen molar-refractivity contribution in [3.63, 3.8) is 0 Å². The van der Waals surface area contributed by atoms with Crippen LogP contribution in [0.4, 0.5) is 0 Å². The van der Waals surface area contributed by atoms with Crippen molar-refractivity contribution in [1.29, 1.82) is 0 Å². The maximum absolute atomic E-state index is 12.1. The van der Waals surface area contributed by atoms with Crippen LogP contribution in [0.1, 0.15) is 48.5 Å². The van der Waals surface area contributed by atoms with Crippen LogP contribution in [0.5, 0.6) is 0 Å². The molecule has 1 fully saturated rings. The summed E-state index contributed by atoms with van der Waals surface area (Å²) >= 11 is 1.54. The van der Waals surface area contributed by atoms with Gasteiger partial charge in [-0.3, -0.25) is 4.79 Å². The molecule has 92 valence electrons. The molecule has 0 spiro atoms. The van der Waals surface area contributed by atoms with E-state index in [-0.39, 0.29) is 5.12 Å². The average molecular weight is 248 g/mol. The minimum absolute atomic E-state index is 0.240. The zero-order valence-electron chi connectivity index (χ0n) is 10.6. The topological polar surface area (TPSA) is 17.1 Å². The van der Waals surface area contributed by atoms with Gasteiger partial charge in [-0.05, 0) is 38.5 Å². The number of benzene rings is 1. The van der Waals surface area contributed by atoms with Crippen molar-refractivity contribution in [3.8, 4) is 0 Å². The maximum atomic E-state index is 12.1. The molecule has 0 aliphatic heterocycles. The van der Waals surface area contributed by atoms with E-state index in [1.165, 1.54) is 31.2 Å². The third kappa shape index (κ3) is 3.60. The molecule has 1 saturated carbocycles. The number of aryl methyl sites for hydroxylation is 1. The van der Waals surface area contributed by atoms with Crippen molar-refractivity contribution >= 4 is 16.9 Å². The second-order valence-electron chi connectivity index (χ2n) is 5.15. The zero-order valence-corrected chi connectivity index (χ0v) is 11.4. The predicted octanol–water partition coefficient (Wildman–Crippen LogP) is 4.45. The Kier molecular flexibility index (Phi) is 4.27. The third-order valence-electron chi connectivity index (χ3n) is 3.52. The van der Waals surface area contributed by atoms with Crippen LogP contribution in [0, 0.1) is 12.8 Å². The van der Waals surface area contributed by atoms with Gasteiger partial charge in [0.15, 0.2) is 0 Å². The maximum Gasteiger partial charge on any atom is 0.219 e. The largest absolute Gasteiger partial charge is 0.282 e. The van der Waals surface area contributed by atoms with E-state index in [0.29, 0.717) is 5.25 Å². The first-order valence-corrected chi connectivity index (χ1v) is 7.31.